The first kappa shape index (κ1) is 21.0. The Balaban J connectivity index is 2.41. The SMILES string of the molecule is COc1ccc(C(=O)NCC(=O)OCC(=O)N[C@@](C)(C#N)C(C)C)cc1. The maximum atomic E-state index is 11.9. The van der Waals surface area contributed by atoms with Crippen LogP contribution in [-0.4, -0.2) is 43.6 Å². The molecule has 0 spiro atoms. The third-order valence-corrected chi connectivity index (χ3v) is 3.90. The summed E-state index contributed by atoms with van der Waals surface area (Å²) in [6.45, 7) is 4.28. The monoisotopic (exact) mass is 361 g/mol. The number of benzene rings is 1. The maximum Gasteiger partial charge on any atom is 0.325 e. The molecule has 1 rings (SSSR count). The number of carbonyl (C=O) groups is 3. The lowest BCUT2D eigenvalue weighted by Crippen LogP contribution is -2.50. The molecule has 0 unspecified atom stereocenters. The summed E-state index contributed by atoms with van der Waals surface area (Å²) in [7, 11) is 1.52. The van der Waals surface area contributed by atoms with Crippen molar-refractivity contribution in [2.24, 2.45) is 5.92 Å². The number of nitrogens with one attached hydrogen (secondary N) is 2. The highest BCUT2D eigenvalue weighted by Gasteiger charge is 2.30. The molecule has 0 radical (unpaired) electrons. The van der Waals surface area contributed by atoms with Gasteiger partial charge in [0.1, 0.15) is 17.8 Å². The van der Waals surface area contributed by atoms with E-state index in [2.05, 4.69) is 10.6 Å². The van der Waals surface area contributed by atoms with E-state index in [1.165, 1.54) is 7.11 Å². The van der Waals surface area contributed by atoms with Gasteiger partial charge in [-0.15, -0.1) is 0 Å². The zero-order valence-electron chi connectivity index (χ0n) is 15.3. The van der Waals surface area contributed by atoms with Crippen molar-refractivity contribution in [1.82, 2.24) is 10.6 Å². The Labute approximate surface area is 152 Å². The molecule has 0 aromatic heterocycles. The summed E-state index contributed by atoms with van der Waals surface area (Å²) in [6, 6.07) is 8.39. The van der Waals surface area contributed by atoms with Crippen molar-refractivity contribution in [3.8, 4) is 11.8 Å². The average molecular weight is 361 g/mol. The number of hydrogen-bond donors (Lipinski definition) is 2. The summed E-state index contributed by atoms with van der Waals surface area (Å²) in [5, 5.41) is 14.1. The second-order valence-corrected chi connectivity index (χ2v) is 6.09. The fourth-order valence-corrected chi connectivity index (χ4v) is 1.82. The van der Waals surface area contributed by atoms with Crippen molar-refractivity contribution in [2.45, 2.75) is 26.3 Å². The fraction of sp³-hybridized carbons (Fsp3) is 0.444. The molecule has 0 bridgehead atoms. The Bertz CT molecular complexity index is 694. The summed E-state index contributed by atoms with van der Waals surface area (Å²) < 4.78 is 9.80. The molecule has 0 saturated carbocycles. The van der Waals surface area contributed by atoms with Crippen LogP contribution in [0.4, 0.5) is 0 Å². The van der Waals surface area contributed by atoms with E-state index in [1.807, 2.05) is 6.07 Å². The predicted octanol–water partition coefficient (Wildman–Crippen LogP) is 1.02. The molecule has 0 saturated heterocycles. The molecule has 1 aromatic rings. The summed E-state index contributed by atoms with van der Waals surface area (Å²) in [4.78, 5) is 35.4. The van der Waals surface area contributed by atoms with Crippen LogP contribution in [0.2, 0.25) is 0 Å². The van der Waals surface area contributed by atoms with Crippen molar-refractivity contribution in [3.05, 3.63) is 29.8 Å². The highest BCUT2D eigenvalue weighted by molar-refractivity contribution is 5.96. The molecular formula is C18H23N3O5. The number of nitrogens with zero attached hydrogens (tertiary/aromatic N) is 1. The molecular weight excluding hydrogens is 338 g/mol. The minimum absolute atomic E-state index is 0.115. The summed E-state index contributed by atoms with van der Waals surface area (Å²) in [5.41, 5.74) is -0.690. The molecule has 140 valence electrons. The van der Waals surface area contributed by atoms with E-state index in [9.17, 15) is 14.4 Å². The van der Waals surface area contributed by atoms with Gasteiger partial charge in [-0.05, 0) is 37.1 Å². The zero-order chi connectivity index (χ0) is 19.7. The van der Waals surface area contributed by atoms with Crippen molar-refractivity contribution >= 4 is 17.8 Å². The van der Waals surface area contributed by atoms with Crippen LogP contribution >= 0.6 is 0 Å². The predicted molar refractivity (Wildman–Crippen MR) is 93.3 cm³/mol. The van der Waals surface area contributed by atoms with Gasteiger partial charge < -0.3 is 20.1 Å². The fourth-order valence-electron chi connectivity index (χ4n) is 1.82. The van der Waals surface area contributed by atoms with Gasteiger partial charge in [-0.1, -0.05) is 13.8 Å². The van der Waals surface area contributed by atoms with Gasteiger partial charge >= 0.3 is 5.97 Å². The number of nitriles is 1. The summed E-state index contributed by atoms with van der Waals surface area (Å²) in [5.74, 6) is -1.30. The number of rotatable bonds is 8. The molecule has 1 atom stereocenters. The Hall–Kier alpha value is -3.08. The van der Waals surface area contributed by atoms with E-state index in [0.717, 1.165) is 0 Å². The lowest BCUT2D eigenvalue weighted by atomic mass is 9.90. The Morgan fingerprint density at radius 2 is 1.85 bits per heavy atom. The van der Waals surface area contributed by atoms with E-state index in [-0.39, 0.29) is 12.5 Å². The summed E-state index contributed by atoms with van der Waals surface area (Å²) in [6.07, 6.45) is 0. The third kappa shape index (κ3) is 6.09. The Morgan fingerprint density at radius 1 is 1.23 bits per heavy atom. The van der Waals surface area contributed by atoms with E-state index in [0.29, 0.717) is 11.3 Å². The Morgan fingerprint density at radius 3 is 2.35 bits per heavy atom. The molecule has 26 heavy (non-hydrogen) atoms. The molecule has 2 N–H and O–H groups in total. The second-order valence-electron chi connectivity index (χ2n) is 6.09. The van der Waals surface area contributed by atoms with Crippen LogP contribution in [0.3, 0.4) is 0 Å². The molecule has 2 amide bonds. The van der Waals surface area contributed by atoms with Gasteiger partial charge in [0.05, 0.1) is 13.2 Å². The molecule has 0 heterocycles. The largest absolute Gasteiger partial charge is 0.497 e. The number of amides is 2. The smallest absolute Gasteiger partial charge is 0.325 e. The molecule has 1 aromatic carbocycles. The van der Waals surface area contributed by atoms with Crippen molar-refractivity contribution in [3.63, 3.8) is 0 Å². The first-order chi connectivity index (χ1) is 12.2. The van der Waals surface area contributed by atoms with E-state index < -0.39 is 29.9 Å². The number of methoxy groups -OCH3 is 1. The first-order valence-corrected chi connectivity index (χ1v) is 8.02. The van der Waals surface area contributed by atoms with Crippen LogP contribution < -0.4 is 15.4 Å². The van der Waals surface area contributed by atoms with Crippen LogP contribution in [0.15, 0.2) is 24.3 Å². The van der Waals surface area contributed by atoms with Gasteiger partial charge in [-0.25, -0.2) is 0 Å². The van der Waals surface area contributed by atoms with Crippen molar-refractivity contribution < 1.29 is 23.9 Å². The van der Waals surface area contributed by atoms with Gasteiger partial charge in [0.2, 0.25) is 0 Å². The standard InChI is InChI=1S/C18H23N3O5/c1-12(2)18(3,11-19)21-15(22)10-26-16(23)9-20-17(24)13-5-7-14(25-4)8-6-13/h5-8,12H,9-10H2,1-4H3,(H,20,24)(H,21,22)/t18-/m0/s1. The van der Waals surface area contributed by atoms with Crippen LogP contribution in [0.1, 0.15) is 31.1 Å². The maximum absolute atomic E-state index is 11.9. The minimum Gasteiger partial charge on any atom is -0.497 e. The molecule has 0 aliphatic heterocycles. The molecule has 8 heteroatoms. The number of esters is 1. The minimum atomic E-state index is -1.05. The number of ether oxygens (including phenoxy) is 2. The lowest BCUT2D eigenvalue weighted by Gasteiger charge is -2.27. The van der Waals surface area contributed by atoms with E-state index in [1.54, 1.807) is 45.0 Å². The normalized spacial score (nSPS) is 12.5. The highest BCUT2D eigenvalue weighted by Crippen LogP contribution is 2.14. The van der Waals surface area contributed by atoms with Crippen LogP contribution in [-0.2, 0) is 14.3 Å². The van der Waals surface area contributed by atoms with Gasteiger partial charge in [0, 0.05) is 5.56 Å². The lowest BCUT2D eigenvalue weighted by molar-refractivity contribution is -0.147. The number of carbonyl (C=O) groups excluding carboxylic acids is 3. The number of hydrogen-bond acceptors (Lipinski definition) is 6. The van der Waals surface area contributed by atoms with E-state index >= 15 is 0 Å². The first-order valence-electron chi connectivity index (χ1n) is 8.02. The quantitative estimate of drug-likeness (QED) is 0.668. The highest BCUT2D eigenvalue weighted by atomic mass is 16.5. The van der Waals surface area contributed by atoms with Crippen LogP contribution in [0.25, 0.3) is 0 Å². The molecule has 0 aliphatic carbocycles. The van der Waals surface area contributed by atoms with E-state index in [4.69, 9.17) is 14.7 Å². The second kappa shape index (κ2) is 9.42. The molecule has 0 fully saturated rings. The van der Waals surface area contributed by atoms with Gasteiger partial charge in [-0.3, -0.25) is 14.4 Å². The van der Waals surface area contributed by atoms with Crippen LogP contribution in [0, 0.1) is 17.2 Å². The average Bonchev–Trinajstić information content (AvgIpc) is 2.64. The topological polar surface area (TPSA) is 118 Å². The van der Waals surface area contributed by atoms with Crippen molar-refractivity contribution in [1.29, 1.82) is 5.26 Å². The third-order valence-electron chi connectivity index (χ3n) is 3.90. The van der Waals surface area contributed by atoms with Crippen molar-refractivity contribution in [2.75, 3.05) is 20.3 Å². The van der Waals surface area contributed by atoms with Gasteiger partial charge in [0.25, 0.3) is 11.8 Å². The molecule has 0 aliphatic rings. The van der Waals surface area contributed by atoms with Gasteiger partial charge in [-0.2, -0.15) is 5.26 Å². The Kier molecular flexibility index (Phi) is 7.59. The van der Waals surface area contributed by atoms with Gasteiger partial charge in [0.15, 0.2) is 6.61 Å². The van der Waals surface area contributed by atoms with Crippen LogP contribution in [0.5, 0.6) is 5.75 Å². The zero-order valence-corrected chi connectivity index (χ0v) is 15.3. The summed E-state index contributed by atoms with van der Waals surface area (Å²) >= 11 is 0. The molecule has 8 nitrogen and oxygen atoms in total.